The van der Waals surface area contributed by atoms with E-state index in [1.165, 1.54) is 12.8 Å². The Balaban J connectivity index is 1.92. The number of amides is 2. The first-order valence-corrected chi connectivity index (χ1v) is 6.51. The van der Waals surface area contributed by atoms with Crippen molar-refractivity contribution in [1.29, 1.82) is 0 Å². The number of carbonyl (C=O) groups excluding carboxylic acids is 1. The van der Waals surface area contributed by atoms with Crippen LogP contribution >= 0.6 is 0 Å². The Bertz CT molecular complexity index is 498. The van der Waals surface area contributed by atoms with Crippen LogP contribution in [-0.2, 0) is 0 Å². The molecule has 4 N–H and O–H groups in total. The van der Waals surface area contributed by atoms with Gasteiger partial charge < -0.3 is 11.1 Å². The molecule has 1 aliphatic carbocycles. The summed E-state index contributed by atoms with van der Waals surface area (Å²) in [5, 5.41) is 5.67. The highest BCUT2D eigenvalue weighted by Crippen LogP contribution is 2.17. The van der Waals surface area contributed by atoms with E-state index in [1.54, 1.807) is 18.2 Å². The van der Waals surface area contributed by atoms with Gasteiger partial charge in [-0.15, -0.1) is 0 Å². The second-order valence-electron chi connectivity index (χ2n) is 4.49. The summed E-state index contributed by atoms with van der Waals surface area (Å²) in [4.78, 5) is 16.0. The Kier molecular flexibility index (Phi) is 4.76. The van der Waals surface area contributed by atoms with E-state index in [4.69, 9.17) is 5.73 Å². The predicted molar refractivity (Wildman–Crippen MR) is 74.6 cm³/mol. The van der Waals surface area contributed by atoms with Gasteiger partial charge in [-0.05, 0) is 30.9 Å². The fraction of sp³-hybridized carbons (Fsp3) is 0.429. The molecule has 1 aromatic rings. The Morgan fingerprint density at radius 2 is 2.21 bits per heavy atom. The van der Waals surface area contributed by atoms with Crippen molar-refractivity contribution in [3.63, 3.8) is 0 Å². The predicted octanol–water partition coefficient (Wildman–Crippen LogP) is 1.46. The van der Waals surface area contributed by atoms with E-state index in [2.05, 4.69) is 27.5 Å². The van der Waals surface area contributed by atoms with Crippen LogP contribution in [0.1, 0.15) is 31.4 Å². The smallest absolute Gasteiger partial charge is 0.320 e. The minimum Gasteiger partial charge on any atom is -0.335 e. The Morgan fingerprint density at radius 3 is 2.95 bits per heavy atom. The summed E-state index contributed by atoms with van der Waals surface area (Å²) >= 11 is 0. The summed E-state index contributed by atoms with van der Waals surface area (Å²) in [6, 6.07) is 5.41. The molecule has 19 heavy (non-hydrogen) atoms. The first-order chi connectivity index (χ1) is 9.28. The number of carbonyl (C=O) groups is 1. The lowest BCUT2D eigenvalue weighted by atomic mass is 10.2. The van der Waals surface area contributed by atoms with Gasteiger partial charge in [0.05, 0.1) is 6.54 Å². The van der Waals surface area contributed by atoms with Crippen LogP contribution in [0.2, 0.25) is 0 Å². The van der Waals surface area contributed by atoms with Crippen molar-refractivity contribution in [2.75, 3.05) is 11.9 Å². The Labute approximate surface area is 113 Å². The van der Waals surface area contributed by atoms with Crippen molar-refractivity contribution in [2.24, 2.45) is 5.73 Å². The zero-order valence-electron chi connectivity index (χ0n) is 10.8. The summed E-state index contributed by atoms with van der Waals surface area (Å²) in [6.07, 6.45) is 4.49. The number of pyridine rings is 1. The number of hydrogen-bond acceptors (Lipinski definition) is 3. The molecule has 5 nitrogen and oxygen atoms in total. The van der Waals surface area contributed by atoms with Crippen molar-refractivity contribution in [3.8, 4) is 11.8 Å². The summed E-state index contributed by atoms with van der Waals surface area (Å²) in [5.74, 6) is 6.06. The van der Waals surface area contributed by atoms with E-state index in [1.807, 2.05) is 0 Å². The van der Waals surface area contributed by atoms with Gasteiger partial charge in [0, 0.05) is 6.04 Å². The normalized spacial score (nSPS) is 14.6. The minimum absolute atomic E-state index is 0.205. The van der Waals surface area contributed by atoms with Gasteiger partial charge in [-0.1, -0.05) is 24.8 Å². The van der Waals surface area contributed by atoms with E-state index in [0.29, 0.717) is 24.1 Å². The number of hydrogen-bond donors (Lipinski definition) is 3. The van der Waals surface area contributed by atoms with Gasteiger partial charge in [0.1, 0.15) is 11.5 Å². The number of nitrogens with two attached hydrogens (primary N) is 1. The molecule has 1 fully saturated rings. The number of aromatic nitrogens is 1. The van der Waals surface area contributed by atoms with E-state index in [0.717, 1.165) is 12.8 Å². The summed E-state index contributed by atoms with van der Waals surface area (Å²) in [6.45, 7) is 0.293. The molecule has 0 aliphatic heterocycles. The molecule has 1 heterocycles. The lowest BCUT2D eigenvalue weighted by Crippen LogP contribution is -2.36. The first kappa shape index (κ1) is 13.4. The largest absolute Gasteiger partial charge is 0.335 e. The van der Waals surface area contributed by atoms with Crippen LogP contribution in [0.25, 0.3) is 0 Å². The first-order valence-electron chi connectivity index (χ1n) is 6.51. The van der Waals surface area contributed by atoms with Crippen LogP contribution < -0.4 is 16.4 Å². The van der Waals surface area contributed by atoms with Gasteiger partial charge in [-0.25, -0.2) is 9.78 Å². The molecule has 0 spiro atoms. The molecule has 0 aromatic carbocycles. The summed E-state index contributed by atoms with van der Waals surface area (Å²) < 4.78 is 0. The average Bonchev–Trinajstić information content (AvgIpc) is 2.89. The van der Waals surface area contributed by atoms with Crippen LogP contribution in [0.5, 0.6) is 0 Å². The molecule has 2 amide bonds. The quantitative estimate of drug-likeness (QED) is 0.702. The molecular formula is C14H18N4O. The van der Waals surface area contributed by atoms with Gasteiger partial charge in [0.25, 0.3) is 0 Å². The van der Waals surface area contributed by atoms with Gasteiger partial charge in [-0.3, -0.25) is 5.32 Å². The standard InChI is InChI=1S/C14H18N4O/c15-10-4-8-11-7-3-9-13(16-11)18-14(19)17-12-5-1-2-6-12/h3,7,9,12H,1-2,5-6,10,15H2,(H2,16,17,18,19). The van der Waals surface area contributed by atoms with Gasteiger partial charge in [0.2, 0.25) is 0 Å². The average molecular weight is 258 g/mol. The zero-order valence-corrected chi connectivity index (χ0v) is 10.8. The van der Waals surface area contributed by atoms with E-state index < -0.39 is 0 Å². The summed E-state index contributed by atoms with van der Waals surface area (Å²) in [7, 11) is 0. The Morgan fingerprint density at radius 1 is 1.42 bits per heavy atom. The molecule has 1 aliphatic rings. The number of rotatable bonds is 2. The molecule has 0 atom stereocenters. The van der Waals surface area contributed by atoms with Crippen molar-refractivity contribution in [1.82, 2.24) is 10.3 Å². The van der Waals surface area contributed by atoms with Crippen LogP contribution in [0.4, 0.5) is 10.6 Å². The summed E-state index contributed by atoms with van der Waals surface area (Å²) in [5.41, 5.74) is 5.91. The highest BCUT2D eigenvalue weighted by Gasteiger charge is 2.17. The minimum atomic E-state index is -0.205. The second-order valence-corrected chi connectivity index (χ2v) is 4.49. The maximum Gasteiger partial charge on any atom is 0.320 e. The highest BCUT2D eigenvalue weighted by molar-refractivity contribution is 5.88. The molecule has 100 valence electrons. The molecule has 0 saturated heterocycles. The third-order valence-electron chi connectivity index (χ3n) is 3.00. The topological polar surface area (TPSA) is 80.0 Å². The van der Waals surface area contributed by atoms with Crippen LogP contribution in [-0.4, -0.2) is 23.6 Å². The molecular weight excluding hydrogens is 240 g/mol. The number of nitrogens with zero attached hydrogens (tertiary/aromatic N) is 1. The molecule has 2 rings (SSSR count). The highest BCUT2D eigenvalue weighted by atomic mass is 16.2. The third-order valence-corrected chi connectivity index (χ3v) is 3.00. The van der Waals surface area contributed by atoms with Crippen molar-refractivity contribution >= 4 is 11.8 Å². The number of nitrogens with one attached hydrogen (secondary N) is 2. The van der Waals surface area contributed by atoms with E-state index in [9.17, 15) is 4.79 Å². The lowest BCUT2D eigenvalue weighted by molar-refractivity contribution is 0.248. The van der Waals surface area contributed by atoms with Crippen LogP contribution in [0, 0.1) is 11.8 Å². The third kappa shape index (κ3) is 4.27. The van der Waals surface area contributed by atoms with E-state index >= 15 is 0 Å². The number of anilines is 1. The van der Waals surface area contributed by atoms with Gasteiger partial charge in [0.15, 0.2) is 0 Å². The SMILES string of the molecule is NCC#Cc1cccc(NC(=O)NC2CCCC2)n1. The lowest BCUT2D eigenvalue weighted by Gasteiger charge is -2.12. The number of urea groups is 1. The Hall–Kier alpha value is -2.06. The molecule has 1 aromatic heterocycles. The molecule has 5 heteroatoms. The van der Waals surface area contributed by atoms with Crippen molar-refractivity contribution in [2.45, 2.75) is 31.7 Å². The van der Waals surface area contributed by atoms with E-state index in [-0.39, 0.29) is 6.03 Å². The fourth-order valence-electron chi connectivity index (χ4n) is 2.12. The van der Waals surface area contributed by atoms with Gasteiger partial charge in [-0.2, -0.15) is 0 Å². The zero-order chi connectivity index (χ0) is 13.5. The maximum absolute atomic E-state index is 11.8. The molecule has 0 radical (unpaired) electrons. The van der Waals surface area contributed by atoms with Crippen LogP contribution in [0.15, 0.2) is 18.2 Å². The molecule has 0 bridgehead atoms. The van der Waals surface area contributed by atoms with Crippen LogP contribution in [0.3, 0.4) is 0 Å². The van der Waals surface area contributed by atoms with Crippen molar-refractivity contribution in [3.05, 3.63) is 23.9 Å². The molecule has 1 saturated carbocycles. The molecule has 0 unspecified atom stereocenters. The maximum atomic E-state index is 11.8. The second kappa shape index (κ2) is 6.76. The van der Waals surface area contributed by atoms with Crippen molar-refractivity contribution < 1.29 is 4.79 Å². The monoisotopic (exact) mass is 258 g/mol. The van der Waals surface area contributed by atoms with Gasteiger partial charge >= 0.3 is 6.03 Å². The fourth-order valence-corrected chi connectivity index (χ4v) is 2.12.